The molecule has 0 aliphatic carbocycles. The van der Waals surface area contributed by atoms with Gasteiger partial charge in [0.15, 0.2) is 0 Å². The van der Waals surface area contributed by atoms with Gasteiger partial charge in [-0.1, -0.05) is 27.7 Å². The van der Waals surface area contributed by atoms with E-state index in [0.29, 0.717) is 31.1 Å². The number of rotatable bonds is 19. The first kappa shape index (κ1) is 26.1. The van der Waals surface area contributed by atoms with Crippen molar-refractivity contribution in [3.05, 3.63) is 0 Å². The summed E-state index contributed by atoms with van der Waals surface area (Å²) in [6, 6.07) is 0. The molecule has 0 saturated heterocycles. The average Bonchev–Trinajstić information content (AvgIpc) is 2.63. The average molecular weight is 386 g/mol. The Labute approximate surface area is 167 Å². The number of hydrogen-bond donors (Lipinski definition) is 1. The topological polar surface area (TPSA) is 64.6 Å². The first-order chi connectivity index (χ1) is 13.0. The SMILES string of the molecule is CCC(=O)C(C)CCOCCCCCOCCCCCNC(=O)CC(C)C. The van der Waals surface area contributed by atoms with Crippen molar-refractivity contribution < 1.29 is 19.1 Å². The summed E-state index contributed by atoms with van der Waals surface area (Å²) < 4.78 is 11.2. The number of ketones is 1. The van der Waals surface area contributed by atoms with Crippen molar-refractivity contribution in [2.24, 2.45) is 11.8 Å². The van der Waals surface area contributed by atoms with E-state index < -0.39 is 0 Å². The lowest BCUT2D eigenvalue weighted by Gasteiger charge is -2.09. The molecule has 5 nitrogen and oxygen atoms in total. The van der Waals surface area contributed by atoms with Gasteiger partial charge in [0.25, 0.3) is 0 Å². The van der Waals surface area contributed by atoms with Crippen LogP contribution >= 0.6 is 0 Å². The van der Waals surface area contributed by atoms with E-state index in [1.807, 2.05) is 13.8 Å². The van der Waals surface area contributed by atoms with Crippen molar-refractivity contribution in [2.45, 2.75) is 85.5 Å². The van der Waals surface area contributed by atoms with Crippen molar-refractivity contribution in [1.29, 1.82) is 0 Å². The second-order valence-corrected chi connectivity index (χ2v) is 7.80. The molecule has 1 amide bonds. The van der Waals surface area contributed by atoms with Crippen molar-refractivity contribution in [3.8, 4) is 0 Å². The molecule has 0 radical (unpaired) electrons. The Balaban J connectivity index is 3.19. The molecule has 0 aromatic rings. The van der Waals surface area contributed by atoms with Gasteiger partial charge in [-0.2, -0.15) is 0 Å². The summed E-state index contributed by atoms with van der Waals surface area (Å²) in [6.45, 7) is 11.9. The van der Waals surface area contributed by atoms with E-state index in [4.69, 9.17) is 9.47 Å². The van der Waals surface area contributed by atoms with Crippen LogP contribution in [0.3, 0.4) is 0 Å². The number of nitrogens with one attached hydrogen (secondary N) is 1. The van der Waals surface area contributed by atoms with Gasteiger partial charge in [-0.15, -0.1) is 0 Å². The highest BCUT2D eigenvalue weighted by molar-refractivity contribution is 5.80. The summed E-state index contributed by atoms with van der Waals surface area (Å²) in [5.74, 6) is 1.03. The standard InChI is InChI=1S/C22H43NO4/c1-5-21(24)20(4)12-17-27-16-11-7-10-15-26-14-9-6-8-13-23-22(25)18-19(2)3/h19-20H,5-18H2,1-4H3,(H,23,25). The predicted molar refractivity (Wildman–Crippen MR) is 111 cm³/mol. The van der Waals surface area contributed by atoms with E-state index in [2.05, 4.69) is 19.2 Å². The Morgan fingerprint density at radius 1 is 0.815 bits per heavy atom. The normalized spacial score (nSPS) is 12.3. The molecule has 0 aliphatic heterocycles. The molecule has 0 heterocycles. The minimum Gasteiger partial charge on any atom is -0.381 e. The first-order valence-corrected chi connectivity index (χ1v) is 10.9. The third-order valence-electron chi connectivity index (χ3n) is 4.55. The zero-order valence-electron chi connectivity index (χ0n) is 18.2. The van der Waals surface area contributed by atoms with Gasteiger partial charge in [-0.3, -0.25) is 9.59 Å². The molecule has 0 fully saturated rings. The zero-order chi connectivity index (χ0) is 20.3. The molecule has 0 spiro atoms. The van der Waals surface area contributed by atoms with E-state index >= 15 is 0 Å². The van der Waals surface area contributed by atoms with Crippen LogP contribution in [0.4, 0.5) is 0 Å². The van der Waals surface area contributed by atoms with Crippen LogP contribution in [0.2, 0.25) is 0 Å². The quantitative estimate of drug-likeness (QED) is 0.332. The van der Waals surface area contributed by atoms with E-state index in [0.717, 1.165) is 71.3 Å². The monoisotopic (exact) mass is 385 g/mol. The molecule has 0 rings (SSSR count). The molecule has 0 saturated carbocycles. The van der Waals surface area contributed by atoms with Crippen molar-refractivity contribution in [3.63, 3.8) is 0 Å². The molecule has 5 heteroatoms. The number of unbranched alkanes of at least 4 members (excludes halogenated alkanes) is 4. The largest absolute Gasteiger partial charge is 0.381 e. The van der Waals surface area contributed by atoms with Gasteiger partial charge in [-0.25, -0.2) is 0 Å². The minimum absolute atomic E-state index is 0.125. The molecule has 0 bridgehead atoms. The van der Waals surface area contributed by atoms with Crippen LogP contribution in [0.25, 0.3) is 0 Å². The highest BCUT2D eigenvalue weighted by atomic mass is 16.5. The molecule has 160 valence electrons. The summed E-state index contributed by atoms with van der Waals surface area (Å²) >= 11 is 0. The fourth-order valence-electron chi connectivity index (χ4n) is 2.74. The predicted octanol–water partition coefficient (Wildman–Crippen LogP) is 4.53. The molecular formula is C22H43NO4. The van der Waals surface area contributed by atoms with Crippen molar-refractivity contribution in [2.75, 3.05) is 33.0 Å². The Bertz CT molecular complexity index is 371. The van der Waals surface area contributed by atoms with Gasteiger partial charge in [0.05, 0.1) is 0 Å². The number of hydrogen-bond acceptors (Lipinski definition) is 4. The van der Waals surface area contributed by atoms with Crippen molar-refractivity contribution in [1.82, 2.24) is 5.32 Å². The fraction of sp³-hybridized carbons (Fsp3) is 0.909. The lowest BCUT2D eigenvalue weighted by atomic mass is 10.0. The van der Waals surface area contributed by atoms with Crippen LogP contribution in [-0.4, -0.2) is 44.7 Å². The van der Waals surface area contributed by atoms with Crippen LogP contribution in [0.5, 0.6) is 0 Å². The van der Waals surface area contributed by atoms with Crippen LogP contribution in [0, 0.1) is 11.8 Å². The lowest BCUT2D eigenvalue weighted by Crippen LogP contribution is -2.25. The second-order valence-electron chi connectivity index (χ2n) is 7.80. The molecule has 1 unspecified atom stereocenters. The van der Waals surface area contributed by atoms with Gasteiger partial charge >= 0.3 is 0 Å². The second kappa shape index (κ2) is 18.4. The zero-order valence-corrected chi connectivity index (χ0v) is 18.2. The highest BCUT2D eigenvalue weighted by Gasteiger charge is 2.09. The van der Waals surface area contributed by atoms with Crippen LogP contribution in [0.1, 0.15) is 85.5 Å². The molecular weight excluding hydrogens is 342 g/mol. The van der Waals surface area contributed by atoms with Gasteiger partial charge in [0.1, 0.15) is 5.78 Å². The minimum atomic E-state index is 0.125. The third-order valence-corrected chi connectivity index (χ3v) is 4.55. The van der Waals surface area contributed by atoms with Crippen LogP contribution in [-0.2, 0) is 19.1 Å². The molecule has 0 aromatic heterocycles. The number of carbonyl (C=O) groups excluding carboxylic acids is 2. The maximum atomic E-state index is 11.5. The lowest BCUT2D eigenvalue weighted by molar-refractivity contribution is -0.123. The summed E-state index contributed by atoms with van der Waals surface area (Å²) in [7, 11) is 0. The fourth-order valence-corrected chi connectivity index (χ4v) is 2.74. The molecule has 0 aromatic carbocycles. The van der Waals surface area contributed by atoms with Gasteiger partial charge in [0.2, 0.25) is 5.91 Å². The number of amides is 1. The Kier molecular flexibility index (Phi) is 17.8. The van der Waals surface area contributed by atoms with E-state index in [1.54, 1.807) is 0 Å². The Morgan fingerprint density at radius 3 is 1.93 bits per heavy atom. The number of Topliss-reactive ketones (excluding diaryl/α,β-unsaturated/α-hetero) is 1. The molecule has 0 aliphatic rings. The molecule has 1 atom stereocenters. The van der Waals surface area contributed by atoms with E-state index in [-0.39, 0.29) is 11.8 Å². The van der Waals surface area contributed by atoms with Crippen molar-refractivity contribution >= 4 is 11.7 Å². The maximum Gasteiger partial charge on any atom is 0.220 e. The summed E-state index contributed by atoms with van der Waals surface area (Å²) in [5.41, 5.74) is 0. The Hall–Kier alpha value is -0.940. The Morgan fingerprint density at radius 2 is 1.37 bits per heavy atom. The smallest absolute Gasteiger partial charge is 0.220 e. The molecule has 1 N–H and O–H groups in total. The molecule has 27 heavy (non-hydrogen) atoms. The van der Waals surface area contributed by atoms with Crippen LogP contribution in [0.15, 0.2) is 0 Å². The highest BCUT2D eigenvalue weighted by Crippen LogP contribution is 2.06. The summed E-state index contributed by atoms with van der Waals surface area (Å²) in [5, 5.41) is 2.96. The van der Waals surface area contributed by atoms with Crippen LogP contribution < -0.4 is 5.32 Å². The summed E-state index contributed by atoms with van der Waals surface area (Å²) in [4.78, 5) is 22.9. The maximum absolute atomic E-state index is 11.5. The van der Waals surface area contributed by atoms with E-state index in [1.165, 1.54) is 0 Å². The van der Waals surface area contributed by atoms with Gasteiger partial charge < -0.3 is 14.8 Å². The van der Waals surface area contributed by atoms with Gasteiger partial charge in [0, 0.05) is 51.7 Å². The third kappa shape index (κ3) is 18.2. The first-order valence-electron chi connectivity index (χ1n) is 10.9. The van der Waals surface area contributed by atoms with Gasteiger partial charge in [-0.05, 0) is 50.9 Å². The summed E-state index contributed by atoms with van der Waals surface area (Å²) in [6.07, 6.45) is 8.47. The van der Waals surface area contributed by atoms with E-state index in [9.17, 15) is 9.59 Å². The number of ether oxygens (including phenoxy) is 2. The number of carbonyl (C=O) groups is 2.